The highest BCUT2D eigenvalue weighted by atomic mass is 35.5. The van der Waals surface area contributed by atoms with Gasteiger partial charge in [0.25, 0.3) is 5.56 Å². The van der Waals surface area contributed by atoms with Crippen molar-refractivity contribution in [2.24, 2.45) is 7.05 Å². The average molecular weight is 420 g/mol. The van der Waals surface area contributed by atoms with Crippen molar-refractivity contribution in [1.82, 2.24) is 14.5 Å². The van der Waals surface area contributed by atoms with E-state index in [0.29, 0.717) is 11.1 Å². The van der Waals surface area contributed by atoms with Crippen LogP contribution in [0.25, 0.3) is 10.2 Å². The zero-order valence-electron chi connectivity index (χ0n) is 13.8. The molecule has 4 rings (SSSR count). The van der Waals surface area contributed by atoms with E-state index in [2.05, 4.69) is 10.4 Å². The lowest BCUT2D eigenvalue weighted by molar-refractivity contribution is 0.728. The average Bonchev–Trinajstić information content (AvgIpc) is 3.28. The van der Waals surface area contributed by atoms with Crippen LogP contribution in [-0.2, 0) is 19.2 Å². The van der Waals surface area contributed by atoms with Crippen LogP contribution in [0.1, 0.15) is 16.3 Å². The first-order valence-corrected chi connectivity index (χ1v) is 11.0. The van der Waals surface area contributed by atoms with Crippen molar-refractivity contribution in [3.8, 4) is 0 Å². The second-order valence-corrected chi connectivity index (χ2v) is 8.94. The van der Waals surface area contributed by atoms with Crippen molar-refractivity contribution in [2.45, 2.75) is 17.3 Å². The molecule has 3 heterocycles. The molecule has 0 radical (unpaired) electrons. The van der Waals surface area contributed by atoms with Crippen LogP contribution < -0.4 is 5.56 Å². The molecular weight excluding hydrogens is 406 g/mol. The lowest BCUT2D eigenvalue weighted by Crippen LogP contribution is -2.19. The number of hydrogen-bond acceptors (Lipinski definition) is 6. The van der Waals surface area contributed by atoms with Crippen LogP contribution in [-0.4, -0.2) is 14.5 Å². The molecule has 3 aromatic heterocycles. The predicted octanol–water partition coefficient (Wildman–Crippen LogP) is 4.99. The SMILES string of the molecule is Cn1c(SCc2csc(Cc3ccc(Cl)cc3)n2)nc2sccc2c1=O. The maximum absolute atomic E-state index is 12.3. The Morgan fingerprint density at radius 2 is 1.96 bits per heavy atom. The van der Waals surface area contributed by atoms with Crippen molar-refractivity contribution in [3.05, 3.63) is 72.7 Å². The van der Waals surface area contributed by atoms with Crippen molar-refractivity contribution < 1.29 is 0 Å². The summed E-state index contributed by atoms with van der Waals surface area (Å²) >= 11 is 10.6. The Bertz CT molecular complexity index is 1110. The van der Waals surface area contributed by atoms with E-state index in [9.17, 15) is 4.79 Å². The standard InChI is InChI=1S/C18H14ClN3OS3/c1-22-17(23)14-6-7-24-16(14)21-18(22)26-10-13-9-25-15(20-13)8-11-2-4-12(19)5-3-11/h2-7,9H,8,10H2,1H3. The van der Waals surface area contributed by atoms with Crippen LogP contribution in [0.2, 0.25) is 5.02 Å². The summed E-state index contributed by atoms with van der Waals surface area (Å²) in [7, 11) is 1.77. The molecule has 0 spiro atoms. The highest BCUT2D eigenvalue weighted by molar-refractivity contribution is 7.98. The summed E-state index contributed by atoms with van der Waals surface area (Å²) in [5.41, 5.74) is 2.19. The number of fused-ring (bicyclic) bond motifs is 1. The Labute approximate surface area is 167 Å². The fourth-order valence-electron chi connectivity index (χ4n) is 2.52. The van der Waals surface area contributed by atoms with Gasteiger partial charge < -0.3 is 0 Å². The van der Waals surface area contributed by atoms with Gasteiger partial charge in [-0.3, -0.25) is 9.36 Å². The van der Waals surface area contributed by atoms with Crippen molar-refractivity contribution in [3.63, 3.8) is 0 Å². The summed E-state index contributed by atoms with van der Waals surface area (Å²) in [6.45, 7) is 0. The molecule has 0 amide bonds. The van der Waals surface area contributed by atoms with Crippen LogP contribution in [0.15, 0.2) is 51.0 Å². The van der Waals surface area contributed by atoms with Crippen molar-refractivity contribution in [2.75, 3.05) is 0 Å². The van der Waals surface area contributed by atoms with E-state index in [0.717, 1.165) is 32.1 Å². The third kappa shape index (κ3) is 3.71. The van der Waals surface area contributed by atoms with Crippen LogP contribution in [0.3, 0.4) is 0 Å². The molecule has 0 bridgehead atoms. The van der Waals surface area contributed by atoms with Crippen LogP contribution in [0.4, 0.5) is 0 Å². The zero-order valence-corrected chi connectivity index (χ0v) is 17.0. The fourth-order valence-corrected chi connectivity index (χ4v) is 5.25. The van der Waals surface area contributed by atoms with E-state index in [1.54, 1.807) is 23.0 Å². The zero-order chi connectivity index (χ0) is 18.1. The maximum Gasteiger partial charge on any atom is 0.262 e. The molecule has 0 aliphatic heterocycles. The number of hydrogen-bond donors (Lipinski definition) is 0. The molecule has 4 nitrogen and oxygen atoms in total. The first kappa shape index (κ1) is 17.7. The van der Waals surface area contributed by atoms with Gasteiger partial charge in [-0.2, -0.15) is 0 Å². The highest BCUT2D eigenvalue weighted by Crippen LogP contribution is 2.25. The normalized spacial score (nSPS) is 11.3. The van der Waals surface area contributed by atoms with Gasteiger partial charge in [0.2, 0.25) is 0 Å². The largest absolute Gasteiger partial charge is 0.290 e. The molecule has 0 unspecified atom stereocenters. The lowest BCUT2D eigenvalue weighted by atomic mass is 10.2. The molecule has 0 aliphatic rings. The summed E-state index contributed by atoms with van der Waals surface area (Å²) in [5, 5.41) is 7.18. The van der Waals surface area contributed by atoms with E-state index >= 15 is 0 Å². The van der Waals surface area contributed by atoms with Gasteiger partial charge >= 0.3 is 0 Å². The van der Waals surface area contributed by atoms with Crippen molar-refractivity contribution >= 4 is 56.3 Å². The third-order valence-electron chi connectivity index (χ3n) is 3.88. The van der Waals surface area contributed by atoms with Gasteiger partial charge in [0.05, 0.1) is 16.1 Å². The first-order valence-electron chi connectivity index (χ1n) is 7.85. The Kier molecular flexibility index (Phi) is 5.13. The Morgan fingerprint density at radius 1 is 1.15 bits per heavy atom. The summed E-state index contributed by atoms with van der Waals surface area (Å²) < 4.78 is 1.61. The molecule has 132 valence electrons. The minimum atomic E-state index is 0.000422. The van der Waals surface area contributed by atoms with Crippen molar-refractivity contribution in [1.29, 1.82) is 0 Å². The number of rotatable bonds is 5. The molecule has 0 atom stereocenters. The van der Waals surface area contributed by atoms with Gasteiger partial charge in [0, 0.05) is 29.6 Å². The number of benzene rings is 1. The van der Waals surface area contributed by atoms with E-state index < -0.39 is 0 Å². The maximum atomic E-state index is 12.3. The molecular formula is C18H14ClN3OS3. The number of thiazole rings is 1. The van der Waals surface area contributed by atoms with E-state index in [-0.39, 0.29) is 5.56 Å². The molecule has 0 aliphatic carbocycles. The van der Waals surface area contributed by atoms with E-state index in [1.165, 1.54) is 28.7 Å². The molecule has 0 fully saturated rings. The summed E-state index contributed by atoms with van der Waals surface area (Å²) in [6, 6.07) is 9.66. The summed E-state index contributed by atoms with van der Waals surface area (Å²) in [4.78, 5) is 22.4. The minimum Gasteiger partial charge on any atom is -0.290 e. The molecule has 26 heavy (non-hydrogen) atoms. The second-order valence-electron chi connectivity index (χ2n) is 5.72. The fraction of sp³-hybridized carbons (Fsp3) is 0.167. The van der Waals surface area contributed by atoms with Gasteiger partial charge in [0.1, 0.15) is 4.83 Å². The van der Waals surface area contributed by atoms with Crippen LogP contribution in [0, 0.1) is 0 Å². The number of thioether (sulfide) groups is 1. The molecule has 0 N–H and O–H groups in total. The number of thiophene rings is 1. The van der Waals surface area contributed by atoms with Gasteiger partial charge in [-0.25, -0.2) is 9.97 Å². The number of halogens is 1. The molecule has 0 saturated carbocycles. The summed E-state index contributed by atoms with van der Waals surface area (Å²) in [6.07, 6.45) is 0.796. The molecule has 1 aromatic carbocycles. The lowest BCUT2D eigenvalue weighted by Gasteiger charge is -2.05. The number of nitrogens with zero attached hydrogens (tertiary/aromatic N) is 3. The highest BCUT2D eigenvalue weighted by Gasteiger charge is 2.11. The van der Waals surface area contributed by atoms with Crippen LogP contribution in [0.5, 0.6) is 0 Å². The first-order chi connectivity index (χ1) is 12.6. The summed E-state index contributed by atoms with van der Waals surface area (Å²) in [5.74, 6) is 0.689. The quantitative estimate of drug-likeness (QED) is 0.338. The monoisotopic (exact) mass is 419 g/mol. The smallest absolute Gasteiger partial charge is 0.262 e. The second kappa shape index (κ2) is 7.52. The van der Waals surface area contributed by atoms with Gasteiger partial charge in [-0.1, -0.05) is 35.5 Å². The van der Waals surface area contributed by atoms with Gasteiger partial charge in [-0.05, 0) is 29.1 Å². The number of aromatic nitrogens is 3. The third-order valence-corrected chi connectivity index (χ3v) is 6.90. The molecule has 0 saturated heterocycles. The molecule has 4 aromatic rings. The van der Waals surface area contributed by atoms with Gasteiger partial charge in [-0.15, -0.1) is 22.7 Å². The Balaban J connectivity index is 1.47. The minimum absolute atomic E-state index is 0.000422. The van der Waals surface area contributed by atoms with Crippen LogP contribution >= 0.6 is 46.0 Å². The Morgan fingerprint density at radius 3 is 2.77 bits per heavy atom. The van der Waals surface area contributed by atoms with E-state index in [1.807, 2.05) is 35.7 Å². The topological polar surface area (TPSA) is 47.8 Å². The van der Waals surface area contributed by atoms with E-state index in [4.69, 9.17) is 16.6 Å². The molecule has 8 heteroatoms. The van der Waals surface area contributed by atoms with Gasteiger partial charge in [0.15, 0.2) is 5.16 Å². The Hall–Kier alpha value is -1.67. The predicted molar refractivity (Wildman–Crippen MR) is 111 cm³/mol.